The summed E-state index contributed by atoms with van der Waals surface area (Å²) in [5.41, 5.74) is 0. The lowest BCUT2D eigenvalue weighted by Crippen LogP contribution is -1.91. The smallest absolute Gasteiger partial charge is 0.0325 e. The summed E-state index contributed by atoms with van der Waals surface area (Å²) in [4.78, 5) is 0. The molecular formula is C15H30. The molecule has 0 bridgehead atoms. The van der Waals surface area contributed by atoms with E-state index in [4.69, 9.17) is 0 Å². The maximum absolute atomic E-state index is 2.40. The number of allylic oxidation sites excluding steroid dienone is 2. The molecule has 0 aliphatic heterocycles. The van der Waals surface area contributed by atoms with Crippen LogP contribution < -0.4 is 0 Å². The van der Waals surface area contributed by atoms with Gasteiger partial charge in [0.05, 0.1) is 0 Å². The molecule has 0 heterocycles. The molecule has 0 radical (unpaired) electrons. The summed E-state index contributed by atoms with van der Waals surface area (Å²) in [5, 5.41) is 0. The molecule has 15 heavy (non-hydrogen) atoms. The molecule has 0 amide bonds. The molecule has 0 heteroatoms. The maximum Gasteiger partial charge on any atom is -0.0325 e. The zero-order valence-electron chi connectivity index (χ0n) is 11.1. The number of hydrogen-bond donors (Lipinski definition) is 0. The Morgan fingerprint density at radius 2 is 1.60 bits per heavy atom. The Kier molecular flexibility index (Phi) is 11.6. The van der Waals surface area contributed by atoms with Crippen LogP contribution in [0.5, 0.6) is 0 Å². The molecule has 0 aliphatic carbocycles. The summed E-state index contributed by atoms with van der Waals surface area (Å²) in [6.45, 7) is 6.92. The van der Waals surface area contributed by atoms with Crippen molar-refractivity contribution in [2.75, 3.05) is 0 Å². The molecule has 0 fully saturated rings. The first-order valence-electron chi connectivity index (χ1n) is 6.96. The summed E-state index contributed by atoms with van der Waals surface area (Å²) >= 11 is 0. The zero-order chi connectivity index (χ0) is 11.4. The molecule has 0 N–H and O–H groups in total. The van der Waals surface area contributed by atoms with Crippen LogP contribution in [0.25, 0.3) is 0 Å². The molecule has 90 valence electrons. The van der Waals surface area contributed by atoms with Gasteiger partial charge in [0.2, 0.25) is 0 Å². The van der Waals surface area contributed by atoms with Crippen LogP contribution in [-0.4, -0.2) is 0 Å². The second-order valence-electron chi connectivity index (χ2n) is 4.80. The van der Waals surface area contributed by atoms with Crippen LogP contribution in [-0.2, 0) is 0 Å². The Morgan fingerprint density at radius 3 is 2.27 bits per heavy atom. The summed E-state index contributed by atoms with van der Waals surface area (Å²) in [7, 11) is 0. The minimum atomic E-state index is 0.886. The van der Waals surface area contributed by atoms with E-state index in [0.717, 1.165) is 5.92 Å². The Hall–Kier alpha value is -0.260. The van der Waals surface area contributed by atoms with Gasteiger partial charge in [-0.25, -0.2) is 0 Å². The van der Waals surface area contributed by atoms with Gasteiger partial charge in [-0.3, -0.25) is 0 Å². The zero-order valence-corrected chi connectivity index (χ0v) is 11.1. The van der Waals surface area contributed by atoms with Gasteiger partial charge in [0.15, 0.2) is 0 Å². The first kappa shape index (κ1) is 14.7. The van der Waals surface area contributed by atoms with Crippen LogP contribution in [0.4, 0.5) is 0 Å². The SMILES string of the molecule is CCCCCC/C=C/CC(C)CCCC. The number of unbranched alkanes of at least 4 members (excludes halogenated alkanes) is 5. The van der Waals surface area contributed by atoms with Crippen LogP contribution in [0, 0.1) is 5.92 Å². The summed E-state index contributed by atoms with van der Waals surface area (Å²) in [6, 6.07) is 0. The van der Waals surface area contributed by atoms with Gasteiger partial charge in [-0.2, -0.15) is 0 Å². The highest BCUT2D eigenvalue weighted by Gasteiger charge is 1.97. The molecule has 0 aromatic heterocycles. The first-order chi connectivity index (χ1) is 7.31. The standard InChI is InChI=1S/C15H30/c1-4-6-8-9-10-11-12-14-15(3)13-7-5-2/h11-12,15H,4-10,13-14H2,1-3H3/b12-11+. The van der Waals surface area contributed by atoms with Crippen LogP contribution in [0.15, 0.2) is 12.2 Å². The van der Waals surface area contributed by atoms with E-state index in [1.165, 1.54) is 57.8 Å². The first-order valence-corrected chi connectivity index (χ1v) is 6.96. The van der Waals surface area contributed by atoms with Crippen LogP contribution in [0.3, 0.4) is 0 Å². The third kappa shape index (κ3) is 11.7. The lowest BCUT2D eigenvalue weighted by atomic mass is 10.0. The monoisotopic (exact) mass is 210 g/mol. The van der Waals surface area contributed by atoms with Crippen molar-refractivity contribution in [2.24, 2.45) is 5.92 Å². The fourth-order valence-corrected chi connectivity index (χ4v) is 1.81. The van der Waals surface area contributed by atoms with E-state index in [-0.39, 0.29) is 0 Å². The Bertz CT molecular complexity index is 135. The molecule has 0 saturated carbocycles. The molecule has 1 atom stereocenters. The summed E-state index contributed by atoms with van der Waals surface area (Å²) in [6.07, 6.45) is 17.0. The second-order valence-corrected chi connectivity index (χ2v) is 4.80. The van der Waals surface area contributed by atoms with Crippen molar-refractivity contribution in [1.29, 1.82) is 0 Å². The van der Waals surface area contributed by atoms with Crippen molar-refractivity contribution in [2.45, 2.75) is 78.6 Å². The average Bonchev–Trinajstić information content (AvgIpc) is 2.25. The highest BCUT2D eigenvalue weighted by atomic mass is 14.0. The van der Waals surface area contributed by atoms with Crippen LogP contribution in [0.1, 0.15) is 78.6 Å². The van der Waals surface area contributed by atoms with Gasteiger partial charge < -0.3 is 0 Å². The fraction of sp³-hybridized carbons (Fsp3) is 0.867. The summed E-state index contributed by atoms with van der Waals surface area (Å²) in [5.74, 6) is 0.886. The highest BCUT2D eigenvalue weighted by molar-refractivity contribution is 4.83. The van der Waals surface area contributed by atoms with Crippen molar-refractivity contribution in [1.82, 2.24) is 0 Å². The molecule has 0 aliphatic rings. The van der Waals surface area contributed by atoms with Gasteiger partial charge in [0.25, 0.3) is 0 Å². The van der Waals surface area contributed by atoms with Crippen molar-refractivity contribution in [3.05, 3.63) is 12.2 Å². The Morgan fingerprint density at radius 1 is 0.867 bits per heavy atom. The van der Waals surface area contributed by atoms with E-state index in [1.54, 1.807) is 0 Å². The van der Waals surface area contributed by atoms with Gasteiger partial charge in [0.1, 0.15) is 0 Å². The van der Waals surface area contributed by atoms with Crippen molar-refractivity contribution in [3.63, 3.8) is 0 Å². The molecule has 0 nitrogen and oxygen atoms in total. The van der Waals surface area contributed by atoms with E-state index < -0.39 is 0 Å². The normalized spacial score (nSPS) is 13.5. The topological polar surface area (TPSA) is 0 Å². The molecule has 0 aromatic carbocycles. The average molecular weight is 210 g/mol. The molecule has 0 aromatic rings. The van der Waals surface area contributed by atoms with Gasteiger partial charge >= 0.3 is 0 Å². The van der Waals surface area contributed by atoms with E-state index in [9.17, 15) is 0 Å². The second kappa shape index (κ2) is 11.8. The van der Waals surface area contributed by atoms with Crippen molar-refractivity contribution in [3.8, 4) is 0 Å². The third-order valence-electron chi connectivity index (χ3n) is 2.98. The van der Waals surface area contributed by atoms with Crippen LogP contribution in [0.2, 0.25) is 0 Å². The molecule has 0 rings (SSSR count). The van der Waals surface area contributed by atoms with E-state index >= 15 is 0 Å². The minimum Gasteiger partial charge on any atom is -0.0885 e. The van der Waals surface area contributed by atoms with E-state index in [0.29, 0.717) is 0 Å². The van der Waals surface area contributed by atoms with Gasteiger partial charge in [-0.1, -0.05) is 71.4 Å². The van der Waals surface area contributed by atoms with E-state index in [2.05, 4.69) is 32.9 Å². The van der Waals surface area contributed by atoms with Crippen LogP contribution >= 0.6 is 0 Å². The molecule has 0 spiro atoms. The minimum absolute atomic E-state index is 0.886. The molecule has 0 saturated heterocycles. The Labute approximate surface area is 97.2 Å². The molecular weight excluding hydrogens is 180 g/mol. The largest absolute Gasteiger partial charge is 0.0885 e. The Balaban J connectivity index is 3.21. The third-order valence-corrected chi connectivity index (χ3v) is 2.98. The highest BCUT2D eigenvalue weighted by Crippen LogP contribution is 2.12. The van der Waals surface area contributed by atoms with Gasteiger partial charge in [-0.05, 0) is 25.2 Å². The number of rotatable bonds is 10. The predicted octanol–water partition coefficient (Wildman–Crippen LogP) is 5.73. The van der Waals surface area contributed by atoms with Gasteiger partial charge in [-0.15, -0.1) is 0 Å². The maximum atomic E-state index is 2.40. The lowest BCUT2D eigenvalue weighted by Gasteiger charge is -2.06. The molecule has 1 unspecified atom stereocenters. The van der Waals surface area contributed by atoms with E-state index in [1.807, 2.05) is 0 Å². The van der Waals surface area contributed by atoms with Gasteiger partial charge in [0, 0.05) is 0 Å². The van der Waals surface area contributed by atoms with Crippen molar-refractivity contribution >= 4 is 0 Å². The summed E-state index contributed by atoms with van der Waals surface area (Å²) < 4.78 is 0. The lowest BCUT2D eigenvalue weighted by molar-refractivity contribution is 0.511. The predicted molar refractivity (Wildman–Crippen MR) is 71.2 cm³/mol. The fourth-order valence-electron chi connectivity index (χ4n) is 1.81. The quantitative estimate of drug-likeness (QED) is 0.319. The number of hydrogen-bond acceptors (Lipinski definition) is 0. The van der Waals surface area contributed by atoms with Crippen molar-refractivity contribution < 1.29 is 0 Å².